The SMILES string of the molecule is COc1cc(C=Nc2cc(Cl)cc(Cl)c2)ccc1OC(=O)C1CC1. The number of aliphatic imine (C=N–C) groups is 1. The molecule has 0 heterocycles. The predicted molar refractivity (Wildman–Crippen MR) is 95.1 cm³/mol. The Labute approximate surface area is 150 Å². The molecule has 2 aromatic carbocycles. The fourth-order valence-electron chi connectivity index (χ4n) is 2.12. The summed E-state index contributed by atoms with van der Waals surface area (Å²) < 4.78 is 10.7. The van der Waals surface area contributed by atoms with Gasteiger partial charge in [0.05, 0.1) is 18.7 Å². The molecule has 0 amide bonds. The van der Waals surface area contributed by atoms with Crippen LogP contribution < -0.4 is 9.47 Å². The largest absolute Gasteiger partial charge is 0.493 e. The molecule has 0 radical (unpaired) electrons. The van der Waals surface area contributed by atoms with E-state index in [1.54, 1.807) is 42.6 Å². The molecule has 1 fully saturated rings. The Morgan fingerprint density at radius 3 is 2.46 bits per heavy atom. The third-order valence-corrected chi connectivity index (χ3v) is 3.96. The van der Waals surface area contributed by atoms with Crippen molar-refractivity contribution in [1.29, 1.82) is 0 Å². The Balaban J connectivity index is 1.78. The van der Waals surface area contributed by atoms with Crippen molar-refractivity contribution in [1.82, 2.24) is 0 Å². The van der Waals surface area contributed by atoms with Gasteiger partial charge in [0.25, 0.3) is 0 Å². The second-order valence-electron chi connectivity index (χ2n) is 5.49. The summed E-state index contributed by atoms with van der Waals surface area (Å²) in [6, 6.07) is 10.3. The van der Waals surface area contributed by atoms with Crippen LogP contribution in [-0.4, -0.2) is 19.3 Å². The lowest BCUT2D eigenvalue weighted by molar-refractivity contribution is -0.135. The van der Waals surface area contributed by atoms with E-state index >= 15 is 0 Å². The van der Waals surface area contributed by atoms with E-state index in [9.17, 15) is 4.79 Å². The van der Waals surface area contributed by atoms with Gasteiger partial charge < -0.3 is 9.47 Å². The molecule has 0 aromatic heterocycles. The molecule has 0 unspecified atom stereocenters. The Hall–Kier alpha value is -2.04. The summed E-state index contributed by atoms with van der Waals surface area (Å²) in [7, 11) is 1.53. The smallest absolute Gasteiger partial charge is 0.314 e. The minimum Gasteiger partial charge on any atom is -0.493 e. The van der Waals surface area contributed by atoms with Gasteiger partial charge in [-0.3, -0.25) is 9.79 Å². The molecule has 124 valence electrons. The number of rotatable bonds is 5. The first-order valence-electron chi connectivity index (χ1n) is 7.45. The zero-order valence-electron chi connectivity index (χ0n) is 13.0. The number of nitrogens with zero attached hydrogens (tertiary/aromatic N) is 1. The molecular weight excluding hydrogens is 349 g/mol. The van der Waals surface area contributed by atoms with Gasteiger partial charge in [-0.25, -0.2) is 0 Å². The maximum Gasteiger partial charge on any atom is 0.314 e. The van der Waals surface area contributed by atoms with Gasteiger partial charge in [0, 0.05) is 16.3 Å². The van der Waals surface area contributed by atoms with Crippen LogP contribution in [0.4, 0.5) is 5.69 Å². The average molecular weight is 364 g/mol. The van der Waals surface area contributed by atoms with Gasteiger partial charge in [0.15, 0.2) is 11.5 Å². The third kappa shape index (κ3) is 4.28. The van der Waals surface area contributed by atoms with E-state index in [-0.39, 0.29) is 11.9 Å². The average Bonchev–Trinajstić information content (AvgIpc) is 3.38. The Kier molecular flexibility index (Phi) is 5.07. The number of methoxy groups -OCH3 is 1. The van der Waals surface area contributed by atoms with Gasteiger partial charge in [0.2, 0.25) is 0 Å². The van der Waals surface area contributed by atoms with Gasteiger partial charge in [-0.15, -0.1) is 0 Å². The highest BCUT2D eigenvalue weighted by atomic mass is 35.5. The van der Waals surface area contributed by atoms with E-state index in [0.29, 0.717) is 27.2 Å². The van der Waals surface area contributed by atoms with E-state index in [2.05, 4.69) is 4.99 Å². The number of esters is 1. The first kappa shape index (κ1) is 16.8. The molecule has 0 saturated heterocycles. The predicted octanol–water partition coefficient (Wildman–Crippen LogP) is 5.07. The Morgan fingerprint density at radius 2 is 1.83 bits per heavy atom. The Morgan fingerprint density at radius 1 is 1.12 bits per heavy atom. The molecule has 1 saturated carbocycles. The topological polar surface area (TPSA) is 47.9 Å². The number of ether oxygens (including phenoxy) is 2. The van der Waals surface area contributed by atoms with Crippen molar-refractivity contribution in [2.45, 2.75) is 12.8 Å². The van der Waals surface area contributed by atoms with Gasteiger partial charge in [-0.2, -0.15) is 0 Å². The lowest BCUT2D eigenvalue weighted by Gasteiger charge is -2.09. The van der Waals surface area contributed by atoms with Crippen molar-refractivity contribution in [3.63, 3.8) is 0 Å². The minimum absolute atomic E-state index is 0.0310. The standard InChI is InChI=1S/C18H15Cl2NO3/c1-23-17-6-11(2-5-16(17)24-18(22)12-3-4-12)10-21-15-8-13(19)7-14(20)9-15/h2,5-10,12H,3-4H2,1H3. The highest BCUT2D eigenvalue weighted by Gasteiger charge is 2.32. The highest BCUT2D eigenvalue weighted by Crippen LogP contribution is 2.34. The molecule has 0 bridgehead atoms. The van der Waals surface area contributed by atoms with Crippen molar-refractivity contribution in [2.24, 2.45) is 10.9 Å². The van der Waals surface area contributed by atoms with Crippen molar-refractivity contribution in [3.8, 4) is 11.5 Å². The quantitative estimate of drug-likeness (QED) is 0.423. The molecular formula is C18H15Cl2NO3. The zero-order valence-corrected chi connectivity index (χ0v) is 14.5. The molecule has 3 rings (SSSR count). The van der Waals surface area contributed by atoms with Crippen molar-refractivity contribution >= 4 is 41.1 Å². The number of hydrogen-bond donors (Lipinski definition) is 0. The normalized spacial score (nSPS) is 14.0. The zero-order chi connectivity index (χ0) is 17.1. The molecule has 0 atom stereocenters. The number of carbonyl (C=O) groups excluding carboxylic acids is 1. The van der Waals surface area contributed by atoms with Crippen LogP contribution in [0.3, 0.4) is 0 Å². The molecule has 1 aliphatic carbocycles. The summed E-state index contributed by atoms with van der Waals surface area (Å²) in [5, 5.41) is 1.05. The van der Waals surface area contributed by atoms with Gasteiger partial charge in [0.1, 0.15) is 0 Å². The number of carbonyl (C=O) groups is 1. The Bertz CT molecular complexity index is 781. The summed E-state index contributed by atoms with van der Waals surface area (Å²) >= 11 is 11.9. The van der Waals surface area contributed by atoms with Crippen molar-refractivity contribution in [2.75, 3.05) is 7.11 Å². The van der Waals surface area contributed by atoms with Crippen LogP contribution in [0, 0.1) is 5.92 Å². The molecule has 0 spiro atoms. The highest BCUT2D eigenvalue weighted by molar-refractivity contribution is 6.35. The van der Waals surface area contributed by atoms with Crippen molar-refractivity contribution < 1.29 is 14.3 Å². The molecule has 0 N–H and O–H groups in total. The van der Waals surface area contributed by atoms with Crippen LogP contribution >= 0.6 is 23.2 Å². The molecule has 6 heteroatoms. The summed E-state index contributed by atoms with van der Waals surface area (Å²) in [6.07, 6.45) is 3.46. The summed E-state index contributed by atoms with van der Waals surface area (Å²) in [4.78, 5) is 16.1. The van der Waals surface area contributed by atoms with Gasteiger partial charge in [-0.05, 0) is 54.8 Å². The van der Waals surface area contributed by atoms with Crippen molar-refractivity contribution in [3.05, 3.63) is 52.0 Å². The van der Waals surface area contributed by atoms with Crippen LogP contribution in [0.25, 0.3) is 0 Å². The number of halogens is 2. The number of benzene rings is 2. The lowest BCUT2D eigenvalue weighted by atomic mass is 10.2. The number of hydrogen-bond acceptors (Lipinski definition) is 4. The third-order valence-electron chi connectivity index (χ3n) is 3.52. The van der Waals surface area contributed by atoms with Crippen LogP contribution in [0.1, 0.15) is 18.4 Å². The van der Waals surface area contributed by atoms with E-state index in [0.717, 1.165) is 18.4 Å². The van der Waals surface area contributed by atoms with Gasteiger partial charge >= 0.3 is 5.97 Å². The van der Waals surface area contributed by atoms with Crippen LogP contribution in [-0.2, 0) is 4.79 Å². The van der Waals surface area contributed by atoms with Crippen LogP contribution in [0.15, 0.2) is 41.4 Å². The molecule has 2 aromatic rings. The molecule has 1 aliphatic rings. The fraction of sp³-hybridized carbons (Fsp3) is 0.222. The van der Waals surface area contributed by atoms with E-state index < -0.39 is 0 Å². The van der Waals surface area contributed by atoms with Crippen LogP contribution in [0.2, 0.25) is 10.0 Å². The second-order valence-corrected chi connectivity index (χ2v) is 6.36. The molecule has 24 heavy (non-hydrogen) atoms. The molecule has 0 aliphatic heterocycles. The fourth-order valence-corrected chi connectivity index (χ4v) is 2.64. The first-order chi connectivity index (χ1) is 11.5. The maximum atomic E-state index is 11.8. The second kappa shape index (κ2) is 7.24. The van der Waals surface area contributed by atoms with E-state index in [1.807, 2.05) is 0 Å². The summed E-state index contributed by atoms with van der Waals surface area (Å²) in [5.41, 5.74) is 1.45. The molecule has 4 nitrogen and oxygen atoms in total. The summed E-state index contributed by atoms with van der Waals surface area (Å²) in [6.45, 7) is 0. The monoisotopic (exact) mass is 363 g/mol. The minimum atomic E-state index is -0.205. The van der Waals surface area contributed by atoms with E-state index in [1.165, 1.54) is 7.11 Å². The first-order valence-corrected chi connectivity index (χ1v) is 8.20. The maximum absolute atomic E-state index is 11.8. The van der Waals surface area contributed by atoms with E-state index in [4.69, 9.17) is 32.7 Å². The van der Waals surface area contributed by atoms with Crippen LogP contribution in [0.5, 0.6) is 11.5 Å². The lowest BCUT2D eigenvalue weighted by Crippen LogP contribution is -2.10. The summed E-state index contributed by atoms with van der Waals surface area (Å²) in [5.74, 6) is 0.723. The van der Waals surface area contributed by atoms with Gasteiger partial charge in [-0.1, -0.05) is 23.2 Å².